The highest BCUT2D eigenvalue weighted by atomic mass is 19.4. The molecule has 1 aliphatic carbocycles. The van der Waals surface area contributed by atoms with Crippen LogP contribution < -0.4 is 0 Å². The van der Waals surface area contributed by atoms with Crippen LogP contribution in [0.25, 0.3) is 0 Å². The standard InChI is InChI=1S/C31H33F6N3O2/c1-18-6-4-5-7-24(18)28-26-17-39(22-9-10-23(41)15-22)16-20(26)12-13-40(28)29(42)38(3)19(2)25-11-8-21(30(32,33)34)14-27(25)31(35,36)37/h4-8,11,14-15,19-20,26,28H,9-10,12-13,16-17H2,1-3H3/t19?,20?,26-,28+/m1/s1. The first kappa shape index (κ1) is 30.0. The molecule has 5 rings (SSSR count). The Kier molecular flexibility index (Phi) is 7.83. The van der Waals surface area contributed by atoms with Crippen molar-refractivity contribution in [3.05, 3.63) is 82.1 Å². The summed E-state index contributed by atoms with van der Waals surface area (Å²) in [6.45, 7) is 5.13. The van der Waals surface area contributed by atoms with Gasteiger partial charge in [-0.2, -0.15) is 26.3 Å². The second kappa shape index (κ2) is 11.0. The number of aryl methyl sites for hydroxylation is 1. The highest BCUT2D eigenvalue weighted by molar-refractivity contribution is 5.92. The number of alkyl halides is 6. The fourth-order valence-corrected chi connectivity index (χ4v) is 6.75. The van der Waals surface area contributed by atoms with Gasteiger partial charge in [-0.25, -0.2) is 4.79 Å². The molecule has 2 heterocycles. The minimum atomic E-state index is -5.04. The fraction of sp³-hybridized carbons (Fsp3) is 0.484. The number of carbonyl (C=O) groups is 2. The minimum Gasteiger partial charge on any atom is -0.374 e. The molecule has 2 unspecified atom stereocenters. The number of halogens is 6. The van der Waals surface area contributed by atoms with Gasteiger partial charge in [0.25, 0.3) is 0 Å². The molecule has 2 fully saturated rings. The number of ketones is 1. The normalized spacial score (nSPS) is 23.6. The van der Waals surface area contributed by atoms with Gasteiger partial charge in [-0.1, -0.05) is 30.3 Å². The number of benzene rings is 2. The molecule has 226 valence electrons. The topological polar surface area (TPSA) is 43.9 Å². The van der Waals surface area contributed by atoms with Gasteiger partial charge in [-0.05, 0) is 61.4 Å². The summed E-state index contributed by atoms with van der Waals surface area (Å²) in [6.07, 6.45) is -6.43. The Balaban J connectivity index is 1.47. The first-order valence-corrected chi connectivity index (χ1v) is 14.0. The summed E-state index contributed by atoms with van der Waals surface area (Å²) in [5.74, 6) is 0.384. The lowest BCUT2D eigenvalue weighted by atomic mass is 9.78. The second-order valence-electron chi connectivity index (χ2n) is 11.6. The maximum Gasteiger partial charge on any atom is 0.416 e. The SMILES string of the molecule is Cc1ccccc1[C@H]1[C@@H]2CN(C3=CC(=O)CC3)CC2CCN1C(=O)N(C)C(C)c1ccc(C(F)(F)F)cc1C(F)(F)F. The molecule has 2 aliphatic heterocycles. The number of likely N-dealkylation sites (tertiary alicyclic amines) is 2. The number of fused-ring (bicyclic) bond motifs is 1. The van der Waals surface area contributed by atoms with E-state index in [1.807, 2.05) is 31.2 Å². The predicted molar refractivity (Wildman–Crippen MR) is 144 cm³/mol. The highest BCUT2D eigenvalue weighted by Gasteiger charge is 2.48. The van der Waals surface area contributed by atoms with E-state index in [9.17, 15) is 35.9 Å². The van der Waals surface area contributed by atoms with Crippen molar-refractivity contribution in [1.29, 1.82) is 0 Å². The number of urea groups is 1. The van der Waals surface area contributed by atoms with Gasteiger partial charge >= 0.3 is 18.4 Å². The average Bonchev–Trinajstić information content (AvgIpc) is 3.56. The van der Waals surface area contributed by atoms with E-state index < -0.39 is 41.1 Å². The van der Waals surface area contributed by atoms with E-state index in [2.05, 4.69) is 4.90 Å². The first-order valence-electron chi connectivity index (χ1n) is 14.0. The molecule has 2 aromatic rings. The van der Waals surface area contributed by atoms with Crippen LogP contribution in [0.2, 0.25) is 0 Å². The van der Waals surface area contributed by atoms with Crippen LogP contribution in [0.1, 0.15) is 66.1 Å². The number of amides is 2. The lowest BCUT2D eigenvalue weighted by molar-refractivity contribution is -0.143. The summed E-state index contributed by atoms with van der Waals surface area (Å²) < 4.78 is 81.6. The van der Waals surface area contributed by atoms with Crippen molar-refractivity contribution < 1.29 is 35.9 Å². The molecule has 0 bridgehead atoms. The van der Waals surface area contributed by atoms with Gasteiger partial charge in [0, 0.05) is 50.8 Å². The largest absolute Gasteiger partial charge is 0.416 e. The van der Waals surface area contributed by atoms with Crippen molar-refractivity contribution in [3.8, 4) is 0 Å². The Morgan fingerprint density at radius 1 is 1.00 bits per heavy atom. The zero-order chi connectivity index (χ0) is 30.6. The summed E-state index contributed by atoms with van der Waals surface area (Å²) in [7, 11) is 1.39. The Hall–Kier alpha value is -3.50. The van der Waals surface area contributed by atoms with Crippen LogP contribution in [-0.4, -0.2) is 53.2 Å². The van der Waals surface area contributed by atoms with E-state index in [1.165, 1.54) is 18.9 Å². The van der Waals surface area contributed by atoms with Crippen LogP contribution in [0.15, 0.2) is 54.2 Å². The van der Waals surface area contributed by atoms with Crippen molar-refractivity contribution in [2.75, 3.05) is 26.7 Å². The van der Waals surface area contributed by atoms with E-state index >= 15 is 0 Å². The Morgan fingerprint density at radius 2 is 1.71 bits per heavy atom. The lowest BCUT2D eigenvalue weighted by Crippen LogP contribution is -2.51. The zero-order valence-corrected chi connectivity index (χ0v) is 23.6. The van der Waals surface area contributed by atoms with Gasteiger partial charge < -0.3 is 14.7 Å². The van der Waals surface area contributed by atoms with E-state index in [0.29, 0.717) is 38.4 Å². The van der Waals surface area contributed by atoms with Gasteiger partial charge in [-0.3, -0.25) is 4.79 Å². The van der Waals surface area contributed by atoms with Crippen LogP contribution in [0.5, 0.6) is 0 Å². The predicted octanol–water partition coefficient (Wildman–Crippen LogP) is 7.39. The van der Waals surface area contributed by atoms with Gasteiger partial charge in [0.05, 0.1) is 23.2 Å². The third kappa shape index (κ3) is 5.62. The molecule has 5 nitrogen and oxygen atoms in total. The molecule has 2 saturated heterocycles. The van der Waals surface area contributed by atoms with Gasteiger partial charge in [0.15, 0.2) is 5.78 Å². The fourth-order valence-electron chi connectivity index (χ4n) is 6.75. The van der Waals surface area contributed by atoms with Gasteiger partial charge in [0.2, 0.25) is 0 Å². The molecular weight excluding hydrogens is 560 g/mol. The molecule has 11 heteroatoms. The van der Waals surface area contributed by atoms with Crippen LogP contribution in [0.3, 0.4) is 0 Å². The number of rotatable bonds is 4. The second-order valence-corrected chi connectivity index (χ2v) is 11.6. The summed E-state index contributed by atoms with van der Waals surface area (Å²) in [5.41, 5.74) is -0.282. The van der Waals surface area contributed by atoms with Gasteiger partial charge in [-0.15, -0.1) is 0 Å². The van der Waals surface area contributed by atoms with Crippen molar-refractivity contribution >= 4 is 11.8 Å². The number of piperidine rings is 1. The maximum atomic E-state index is 14.1. The summed E-state index contributed by atoms with van der Waals surface area (Å²) in [5, 5.41) is 0. The molecule has 42 heavy (non-hydrogen) atoms. The monoisotopic (exact) mass is 593 g/mol. The smallest absolute Gasteiger partial charge is 0.374 e. The molecule has 3 aliphatic rings. The van der Waals surface area contributed by atoms with Crippen molar-refractivity contribution in [2.24, 2.45) is 11.8 Å². The number of nitrogens with zero attached hydrogens (tertiary/aromatic N) is 3. The summed E-state index contributed by atoms with van der Waals surface area (Å²) in [6, 6.07) is 7.26. The summed E-state index contributed by atoms with van der Waals surface area (Å²) >= 11 is 0. The lowest BCUT2D eigenvalue weighted by Gasteiger charge is -2.45. The van der Waals surface area contributed by atoms with Crippen LogP contribution in [-0.2, 0) is 17.1 Å². The molecule has 0 saturated carbocycles. The van der Waals surface area contributed by atoms with E-state index in [1.54, 1.807) is 11.0 Å². The van der Waals surface area contributed by atoms with E-state index in [-0.39, 0.29) is 29.7 Å². The Bertz CT molecular complexity index is 1400. The Morgan fingerprint density at radius 3 is 2.33 bits per heavy atom. The quantitative estimate of drug-likeness (QED) is 0.348. The number of carbonyl (C=O) groups excluding carboxylic acids is 2. The molecule has 4 atom stereocenters. The summed E-state index contributed by atoms with van der Waals surface area (Å²) in [4.78, 5) is 31.1. The van der Waals surface area contributed by atoms with Crippen molar-refractivity contribution in [1.82, 2.24) is 14.7 Å². The van der Waals surface area contributed by atoms with Crippen molar-refractivity contribution in [3.63, 3.8) is 0 Å². The molecule has 0 aromatic heterocycles. The maximum absolute atomic E-state index is 14.1. The third-order valence-corrected chi connectivity index (χ3v) is 9.11. The number of hydrogen-bond acceptors (Lipinski definition) is 3. The van der Waals surface area contributed by atoms with E-state index in [4.69, 9.17) is 0 Å². The first-order chi connectivity index (χ1) is 19.7. The number of allylic oxidation sites excluding steroid dienone is 2. The van der Waals surface area contributed by atoms with Gasteiger partial charge in [0.1, 0.15) is 0 Å². The third-order valence-electron chi connectivity index (χ3n) is 9.11. The molecule has 2 amide bonds. The molecule has 0 N–H and O–H groups in total. The van der Waals surface area contributed by atoms with E-state index in [0.717, 1.165) is 29.4 Å². The Labute approximate surface area is 240 Å². The highest BCUT2D eigenvalue weighted by Crippen LogP contribution is 2.47. The zero-order valence-electron chi connectivity index (χ0n) is 23.6. The molecule has 0 spiro atoms. The van der Waals surface area contributed by atoms with Crippen LogP contribution >= 0.6 is 0 Å². The minimum absolute atomic E-state index is 0.0286. The molecule has 2 aromatic carbocycles. The molecular formula is C31H33F6N3O2. The molecule has 0 radical (unpaired) electrons. The van der Waals surface area contributed by atoms with Crippen LogP contribution in [0.4, 0.5) is 31.1 Å². The number of hydrogen-bond donors (Lipinski definition) is 0. The van der Waals surface area contributed by atoms with Crippen LogP contribution in [0, 0.1) is 18.8 Å². The van der Waals surface area contributed by atoms with Crippen molar-refractivity contribution in [2.45, 2.75) is 57.5 Å². The average molecular weight is 594 g/mol.